The highest BCUT2D eigenvalue weighted by molar-refractivity contribution is 7.91. The molecule has 1 aromatic rings. The molecule has 0 spiro atoms. The molecule has 0 aliphatic rings. The van der Waals surface area contributed by atoms with Crippen molar-refractivity contribution in [3.05, 3.63) is 22.5 Å². The van der Waals surface area contributed by atoms with Crippen molar-refractivity contribution in [3.63, 3.8) is 0 Å². The second-order valence-electron chi connectivity index (χ2n) is 3.28. The normalized spacial score (nSPS) is 11.2. The molecule has 0 saturated carbocycles. The number of nitrogens with zero attached hydrogens (tertiary/aromatic N) is 4. The number of rotatable bonds is 6. The fraction of sp³-hybridized carbons (Fsp3) is 0.429. The number of aromatic nitrogens is 2. The number of imidazole rings is 1. The van der Waals surface area contributed by atoms with Gasteiger partial charge in [0.2, 0.25) is 0 Å². The summed E-state index contributed by atoms with van der Waals surface area (Å²) in [7, 11) is -3.85. The summed E-state index contributed by atoms with van der Waals surface area (Å²) in [6.45, 7) is -0.425. The largest absolute Gasteiger partial charge is 0.481 e. The topological polar surface area (TPSA) is 136 Å². The van der Waals surface area contributed by atoms with E-state index in [0.29, 0.717) is 9.09 Å². The van der Waals surface area contributed by atoms with Gasteiger partial charge in [-0.3, -0.25) is 4.79 Å². The van der Waals surface area contributed by atoms with Crippen LogP contribution >= 0.6 is 0 Å². The molecular weight excluding hydrogens is 268 g/mol. The monoisotopic (exact) mass is 278 g/mol. The van der Waals surface area contributed by atoms with Gasteiger partial charge in [0.15, 0.2) is 0 Å². The molecule has 1 aromatic heterocycles. The number of sulfonamides is 1. The predicted octanol–water partition coefficient (Wildman–Crippen LogP) is -0.836. The van der Waals surface area contributed by atoms with E-state index in [0.717, 1.165) is 18.6 Å². The molecule has 0 aliphatic carbocycles. The van der Waals surface area contributed by atoms with Crippen molar-refractivity contribution >= 4 is 21.9 Å². The van der Waals surface area contributed by atoms with Crippen LogP contribution in [-0.2, 0) is 14.8 Å². The van der Waals surface area contributed by atoms with Crippen molar-refractivity contribution in [3.8, 4) is 0 Å². The standard InChI is InChI=1S/C7H10N4O6S/c1-18(16,17)10(4-2-6(12)13)9-5-3-8-7(9)11(14)15/h3,5H,2,4H2,1H3,(H,12,13). The summed E-state index contributed by atoms with van der Waals surface area (Å²) in [5.41, 5.74) is 0. The van der Waals surface area contributed by atoms with E-state index in [-0.39, 0.29) is 0 Å². The second-order valence-corrected chi connectivity index (χ2v) is 5.17. The maximum absolute atomic E-state index is 11.5. The Hall–Kier alpha value is -2.17. The molecule has 0 aromatic carbocycles. The number of carboxylic acid groups (broad SMARTS) is 1. The minimum absolute atomic E-state index is 0.425. The van der Waals surface area contributed by atoms with E-state index in [2.05, 4.69) is 4.98 Å². The third-order valence-corrected chi connectivity index (χ3v) is 3.03. The minimum Gasteiger partial charge on any atom is -0.481 e. The molecule has 1 rings (SSSR count). The second kappa shape index (κ2) is 5.00. The Kier molecular flexibility index (Phi) is 3.86. The van der Waals surface area contributed by atoms with Gasteiger partial charge in [-0.2, -0.15) is 4.41 Å². The van der Waals surface area contributed by atoms with E-state index >= 15 is 0 Å². The van der Waals surface area contributed by atoms with Gasteiger partial charge in [-0.25, -0.2) is 8.42 Å². The van der Waals surface area contributed by atoms with Crippen LogP contribution in [0.3, 0.4) is 0 Å². The van der Waals surface area contributed by atoms with Gasteiger partial charge in [0.1, 0.15) is 12.4 Å². The summed E-state index contributed by atoms with van der Waals surface area (Å²) in [6, 6.07) is 0. The SMILES string of the molecule is CS(=O)(=O)N(CCC(=O)O)n1ccnc1[N+](=O)[O-]. The lowest BCUT2D eigenvalue weighted by Crippen LogP contribution is -2.41. The molecule has 0 atom stereocenters. The summed E-state index contributed by atoms with van der Waals surface area (Å²) in [6.07, 6.45) is 2.46. The van der Waals surface area contributed by atoms with E-state index in [1.807, 2.05) is 0 Å². The summed E-state index contributed by atoms with van der Waals surface area (Å²) >= 11 is 0. The van der Waals surface area contributed by atoms with E-state index in [4.69, 9.17) is 5.11 Å². The molecule has 1 N–H and O–H groups in total. The first-order valence-corrected chi connectivity index (χ1v) is 6.46. The van der Waals surface area contributed by atoms with E-state index in [9.17, 15) is 23.3 Å². The molecular formula is C7H10N4O6S. The van der Waals surface area contributed by atoms with Gasteiger partial charge in [-0.1, -0.05) is 4.98 Å². The Bertz CT molecular complexity index is 564. The fourth-order valence-corrected chi connectivity index (χ4v) is 2.09. The Balaban J connectivity index is 3.14. The van der Waals surface area contributed by atoms with Crippen LogP contribution in [0.15, 0.2) is 12.4 Å². The maximum atomic E-state index is 11.5. The molecule has 0 saturated heterocycles. The quantitative estimate of drug-likeness (QED) is 0.529. The van der Waals surface area contributed by atoms with Gasteiger partial charge >= 0.3 is 11.9 Å². The van der Waals surface area contributed by atoms with E-state index < -0.39 is 39.8 Å². The highest BCUT2D eigenvalue weighted by Gasteiger charge is 2.27. The smallest absolute Gasteiger partial charge is 0.457 e. The lowest BCUT2D eigenvalue weighted by atomic mass is 10.4. The van der Waals surface area contributed by atoms with Crippen molar-refractivity contribution in [1.29, 1.82) is 0 Å². The van der Waals surface area contributed by atoms with Gasteiger partial charge in [0, 0.05) is 0 Å². The highest BCUT2D eigenvalue weighted by atomic mass is 32.2. The highest BCUT2D eigenvalue weighted by Crippen LogP contribution is 2.11. The van der Waals surface area contributed by atoms with Gasteiger partial charge < -0.3 is 15.2 Å². The lowest BCUT2D eigenvalue weighted by molar-refractivity contribution is -0.396. The molecule has 0 amide bonds. The molecule has 1 heterocycles. The molecule has 18 heavy (non-hydrogen) atoms. The molecule has 100 valence electrons. The summed E-state index contributed by atoms with van der Waals surface area (Å²) in [5.74, 6) is -1.92. The molecule has 0 fully saturated rings. The average Bonchev–Trinajstić information content (AvgIpc) is 2.63. The van der Waals surface area contributed by atoms with Crippen molar-refractivity contribution in [2.24, 2.45) is 0 Å². The summed E-state index contributed by atoms with van der Waals surface area (Å²) in [4.78, 5) is 23.6. The van der Waals surface area contributed by atoms with Gasteiger partial charge in [0.05, 0.1) is 19.2 Å². The van der Waals surface area contributed by atoms with E-state index in [1.54, 1.807) is 0 Å². The average molecular weight is 278 g/mol. The Morgan fingerprint density at radius 3 is 2.72 bits per heavy atom. The molecule has 10 nitrogen and oxygen atoms in total. The lowest BCUT2D eigenvalue weighted by Gasteiger charge is -2.18. The van der Waals surface area contributed by atoms with Crippen molar-refractivity contribution in [2.45, 2.75) is 6.42 Å². The predicted molar refractivity (Wildman–Crippen MR) is 59.1 cm³/mol. The number of carboxylic acids is 1. The number of carbonyl (C=O) groups is 1. The molecule has 11 heteroatoms. The third kappa shape index (κ3) is 3.16. The molecule has 0 aliphatic heterocycles. The van der Waals surface area contributed by atoms with Crippen molar-refractivity contribution in [1.82, 2.24) is 9.66 Å². The maximum Gasteiger partial charge on any atom is 0.457 e. The van der Waals surface area contributed by atoms with Crippen LogP contribution in [-0.4, -0.2) is 46.9 Å². The zero-order valence-corrected chi connectivity index (χ0v) is 10.1. The van der Waals surface area contributed by atoms with Crippen molar-refractivity contribution < 1.29 is 23.2 Å². The Morgan fingerprint density at radius 1 is 1.67 bits per heavy atom. The Morgan fingerprint density at radius 2 is 2.28 bits per heavy atom. The van der Waals surface area contributed by atoms with Crippen LogP contribution in [0, 0.1) is 10.1 Å². The number of aliphatic carboxylic acids is 1. The van der Waals surface area contributed by atoms with Crippen LogP contribution < -0.4 is 4.41 Å². The zero-order chi connectivity index (χ0) is 13.9. The number of hydrogen-bond donors (Lipinski definition) is 1. The van der Waals surface area contributed by atoms with Crippen molar-refractivity contribution in [2.75, 3.05) is 17.2 Å². The number of nitro groups is 1. The summed E-state index contributed by atoms with van der Waals surface area (Å²) in [5, 5.41) is 19.2. The first-order chi connectivity index (χ1) is 8.23. The zero-order valence-electron chi connectivity index (χ0n) is 9.25. The first-order valence-electron chi connectivity index (χ1n) is 4.61. The first kappa shape index (κ1) is 13.9. The Labute approximate surface area is 102 Å². The van der Waals surface area contributed by atoms with Gasteiger partial charge in [-0.15, -0.1) is 4.68 Å². The third-order valence-electron chi connectivity index (χ3n) is 1.91. The molecule has 0 unspecified atom stereocenters. The van der Waals surface area contributed by atoms with Crippen LogP contribution in [0.5, 0.6) is 0 Å². The molecule has 0 bridgehead atoms. The van der Waals surface area contributed by atoms with Gasteiger partial charge in [0.25, 0.3) is 10.0 Å². The number of hydrogen-bond acceptors (Lipinski definition) is 6. The minimum atomic E-state index is -3.85. The fourth-order valence-electron chi connectivity index (χ4n) is 1.22. The van der Waals surface area contributed by atoms with Crippen LogP contribution in [0.25, 0.3) is 0 Å². The van der Waals surface area contributed by atoms with Gasteiger partial charge in [-0.05, 0) is 4.92 Å². The van der Waals surface area contributed by atoms with Crippen LogP contribution in [0.1, 0.15) is 6.42 Å². The molecule has 0 radical (unpaired) electrons. The summed E-state index contributed by atoms with van der Waals surface area (Å²) < 4.78 is 24.2. The van der Waals surface area contributed by atoms with Crippen LogP contribution in [0.2, 0.25) is 0 Å². The van der Waals surface area contributed by atoms with E-state index in [1.165, 1.54) is 0 Å². The van der Waals surface area contributed by atoms with Crippen LogP contribution in [0.4, 0.5) is 5.95 Å².